The van der Waals surface area contributed by atoms with Crippen LogP contribution in [0, 0.1) is 0 Å². The third kappa shape index (κ3) is 3.74. The van der Waals surface area contributed by atoms with Crippen molar-refractivity contribution in [3.8, 4) is 5.75 Å². The van der Waals surface area contributed by atoms with Crippen molar-refractivity contribution in [1.29, 1.82) is 0 Å². The lowest BCUT2D eigenvalue weighted by atomic mass is 9.91. The number of carboxylic acid groups (broad SMARTS) is 1. The van der Waals surface area contributed by atoms with E-state index in [4.69, 9.17) is 33.7 Å². The molecule has 0 fully saturated rings. The van der Waals surface area contributed by atoms with E-state index in [0.29, 0.717) is 32.7 Å². The van der Waals surface area contributed by atoms with E-state index >= 15 is 0 Å². The number of carboxylic acids is 1. The van der Waals surface area contributed by atoms with Gasteiger partial charge in [-0.2, -0.15) is 0 Å². The van der Waals surface area contributed by atoms with Gasteiger partial charge in [-0.3, -0.25) is 4.90 Å². The monoisotopic (exact) mass is 409 g/mol. The van der Waals surface area contributed by atoms with Crippen molar-refractivity contribution >= 4 is 46.6 Å². The van der Waals surface area contributed by atoms with E-state index in [1.165, 1.54) is 12.0 Å². The van der Waals surface area contributed by atoms with Crippen molar-refractivity contribution < 1.29 is 19.4 Å². The zero-order valence-electron chi connectivity index (χ0n) is 14.3. The molecule has 0 radical (unpaired) electrons. The Morgan fingerprint density at radius 3 is 2.67 bits per heavy atom. The number of ether oxygens (including phenoxy) is 1. The van der Waals surface area contributed by atoms with Crippen molar-refractivity contribution in [3.63, 3.8) is 0 Å². The highest BCUT2D eigenvalue weighted by Gasteiger charge is 2.38. The molecule has 0 aromatic heterocycles. The van der Waals surface area contributed by atoms with Crippen molar-refractivity contribution in [2.75, 3.05) is 17.3 Å². The molecule has 0 bridgehead atoms. The number of carbonyl (C=O) groups excluding carboxylic acids is 1. The van der Waals surface area contributed by atoms with Gasteiger partial charge in [0.05, 0.1) is 13.2 Å². The smallest absolute Gasteiger partial charge is 0.326 e. The number of halogens is 2. The number of benzene rings is 2. The largest absolute Gasteiger partial charge is 0.497 e. The van der Waals surface area contributed by atoms with Gasteiger partial charge in [-0.15, -0.1) is 0 Å². The third-order valence-corrected chi connectivity index (χ3v) is 4.93. The molecule has 142 valence electrons. The van der Waals surface area contributed by atoms with E-state index in [1.54, 1.807) is 36.4 Å². The number of nitrogens with one attached hydrogen (secondary N) is 1. The summed E-state index contributed by atoms with van der Waals surface area (Å²) < 4.78 is 5.21. The lowest BCUT2D eigenvalue weighted by molar-refractivity contribution is -0.138. The second kappa shape index (κ2) is 7.54. The number of anilines is 2. The van der Waals surface area contributed by atoms with Crippen LogP contribution in [0.15, 0.2) is 36.4 Å². The minimum atomic E-state index is -1.06. The van der Waals surface area contributed by atoms with Gasteiger partial charge in [-0.25, -0.2) is 9.59 Å². The van der Waals surface area contributed by atoms with Gasteiger partial charge in [0.15, 0.2) is 0 Å². The molecule has 2 atom stereocenters. The van der Waals surface area contributed by atoms with Crippen LogP contribution < -0.4 is 20.7 Å². The van der Waals surface area contributed by atoms with Crippen molar-refractivity contribution in [2.24, 2.45) is 5.73 Å². The molecule has 2 aromatic carbocycles. The molecule has 0 aliphatic carbocycles. The van der Waals surface area contributed by atoms with Crippen LogP contribution >= 0.6 is 23.2 Å². The van der Waals surface area contributed by atoms with Crippen LogP contribution in [0.1, 0.15) is 18.0 Å². The number of amides is 2. The highest BCUT2D eigenvalue weighted by Crippen LogP contribution is 2.44. The molecule has 1 aliphatic rings. The van der Waals surface area contributed by atoms with Crippen LogP contribution in [-0.4, -0.2) is 30.3 Å². The Bertz CT molecular complexity index is 906. The Hall–Kier alpha value is -2.64. The number of carbonyl (C=O) groups is 2. The molecule has 1 heterocycles. The van der Waals surface area contributed by atoms with Gasteiger partial charge >= 0.3 is 12.0 Å². The molecule has 1 aliphatic heterocycles. The maximum absolute atomic E-state index is 12.3. The Kier molecular flexibility index (Phi) is 5.34. The first-order valence-electron chi connectivity index (χ1n) is 8.02. The number of rotatable bonds is 4. The van der Waals surface area contributed by atoms with Gasteiger partial charge in [0.2, 0.25) is 0 Å². The second-order valence-corrected chi connectivity index (χ2v) is 6.89. The van der Waals surface area contributed by atoms with Crippen LogP contribution in [-0.2, 0) is 4.79 Å². The number of methoxy groups -OCH3 is 1. The molecule has 9 heteroatoms. The van der Waals surface area contributed by atoms with Crippen LogP contribution in [0.2, 0.25) is 10.0 Å². The summed E-state index contributed by atoms with van der Waals surface area (Å²) in [6.07, 6.45) is 0.0732. The molecule has 27 heavy (non-hydrogen) atoms. The Labute approximate surface area is 165 Å². The normalized spacial score (nSPS) is 18.2. The Morgan fingerprint density at radius 2 is 2.04 bits per heavy atom. The fourth-order valence-corrected chi connectivity index (χ4v) is 3.87. The molecule has 0 saturated carbocycles. The zero-order chi connectivity index (χ0) is 19.7. The maximum atomic E-state index is 12.3. The number of aliphatic carboxylic acids is 1. The van der Waals surface area contributed by atoms with E-state index < -0.39 is 24.1 Å². The van der Waals surface area contributed by atoms with Gasteiger partial charge in [-0.05, 0) is 24.3 Å². The number of primary amides is 1. The predicted octanol–water partition coefficient (Wildman–Crippen LogP) is 3.90. The molecular formula is C18H17Cl2N3O4. The fraction of sp³-hybridized carbons (Fsp3) is 0.222. The zero-order valence-corrected chi connectivity index (χ0v) is 15.8. The Morgan fingerprint density at radius 1 is 1.30 bits per heavy atom. The van der Waals surface area contributed by atoms with Crippen LogP contribution in [0.5, 0.6) is 5.75 Å². The lowest BCUT2D eigenvalue weighted by Gasteiger charge is -2.38. The number of urea groups is 1. The summed E-state index contributed by atoms with van der Waals surface area (Å²) in [5.41, 5.74) is 7.13. The summed E-state index contributed by atoms with van der Waals surface area (Å²) in [5.74, 6) is -0.526. The highest BCUT2D eigenvalue weighted by molar-refractivity contribution is 6.35. The predicted molar refractivity (Wildman–Crippen MR) is 104 cm³/mol. The first-order chi connectivity index (χ1) is 12.8. The summed E-state index contributed by atoms with van der Waals surface area (Å²) in [6, 6.07) is 7.52. The van der Waals surface area contributed by atoms with Gasteiger partial charge < -0.3 is 20.9 Å². The standard InChI is InChI=1S/C18H17Cl2N3O4/c1-27-11-4-2-3-10(7-11)23(18(21)26)15-8-14(17(24)25)22-13-6-9(19)5-12(20)16(13)15/h2-7,14-15,22H,8H2,1H3,(H2,21,26)(H,24,25). The molecule has 0 spiro atoms. The van der Waals surface area contributed by atoms with Crippen molar-refractivity contribution in [3.05, 3.63) is 52.0 Å². The summed E-state index contributed by atoms with van der Waals surface area (Å²) >= 11 is 12.5. The van der Waals surface area contributed by atoms with Gasteiger partial charge in [0.25, 0.3) is 0 Å². The minimum absolute atomic E-state index is 0.0732. The molecule has 2 unspecified atom stereocenters. The molecule has 3 rings (SSSR count). The average Bonchev–Trinajstić information content (AvgIpc) is 2.60. The number of hydrogen-bond donors (Lipinski definition) is 3. The number of fused-ring (bicyclic) bond motifs is 1. The molecular weight excluding hydrogens is 393 g/mol. The maximum Gasteiger partial charge on any atom is 0.326 e. The van der Waals surface area contributed by atoms with E-state index in [9.17, 15) is 14.7 Å². The molecule has 0 saturated heterocycles. The van der Waals surface area contributed by atoms with Crippen LogP contribution in [0.4, 0.5) is 16.2 Å². The second-order valence-electron chi connectivity index (χ2n) is 6.05. The summed E-state index contributed by atoms with van der Waals surface area (Å²) in [7, 11) is 1.51. The van der Waals surface area contributed by atoms with Crippen LogP contribution in [0.3, 0.4) is 0 Å². The van der Waals surface area contributed by atoms with Crippen molar-refractivity contribution in [1.82, 2.24) is 0 Å². The number of nitrogens with zero attached hydrogens (tertiary/aromatic N) is 1. The van der Waals surface area contributed by atoms with Gasteiger partial charge in [0.1, 0.15) is 11.8 Å². The first-order valence-corrected chi connectivity index (χ1v) is 8.78. The first kappa shape index (κ1) is 19.1. The number of nitrogens with two attached hydrogens (primary N) is 1. The quantitative estimate of drug-likeness (QED) is 0.709. The molecule has 2 amide bonds. The van der Waals surface area contributed by atoms with E-state index in [2.05, 4.69) is 5.32 Å². The van der Waals surface area contributed by atoms with Crippen molar-refractivity contribution in [2.45, 2.75) is 18.5 Å². The average molecular weight is 410 g/mol. The molecule has 7 nitrogen and oxygen atoms in total. The van der Waals surface area contributed by atoms with E-state index in [0.717, 1.165) is 0 Å². The summed E-state index contributed by atoms with van der Waals surface area (Å²) in [6.45, 7) is 0. The van der Waals surface area contributed by atoms with E-state index in [-0.39, 0.29) is 6.42 Å². The minimum Gasteiger partial charge on any atom is -0.497 e. The van der Waals surface area contributed by atoms with E-state index in [1.807, 2.05) is 0 Å². The van der Waals surface area contributed by atoms with Gasteiger partial charge in [-0.1, -0.05) is 29.3 Å². The van der Waals surface area contributed by atoms with Gasteiger partial charge in [0, 0.05) is 39.5 Å². The Balaban J connectivity index is 2.16. The van der Waals surface area contributed by atoms with Crippen LogP contribution in [0.25, 0.3) is 0 Å². The molecule has 2 aromatic rings. The fourth-order valence-electron chi connectivity index (χ4n) is 3.25. The number of hydrogen-bond acceptors (Lipinski definition) is 4. The third-order valence-electron chi connectivity index (χ3n) is 4.39. The summed E-state index contributed by atoms with van der Waals surface area (Å²) in [4.78, 5) is 25.3. The SMILES string of the molecule is COc1cccc(N(C(N)=O)C2CC(C(=O)O)Nc3cc(Cl)cc(Cl)c32)c1. The molecule has 4 N–H and O–H groups in total. The lowest BCUT2D eigenvalue weighted by Crippen LogP contribution is -2.45. The summed E-state index contributed by atoms with van der Waals surface area (Å²) in [5, 5.41) is 13.1. The topological polar surface area (TPSA) is 105 Å². The highest BCUT2D eigenvalue weighted by atomic mass is 35.5.